The van der Waals surface area contributed by atoms with E-state index >= 15 is 0 Å². The van der Waals surface area contributed by atoms with E-state index in [1.165, 1.54) is 135 Å². The zero-order valence-corrected chi connectivity index (χ0v) is 37.6. The molecule has 2 unspecified atom stereocenters. The molecule has 6 nitrogen and oxygen atoms in total. The first-order valence-corrected chi connectivity index (χ1v) is 25.4. The van der Waals surface area contributed by atoms with Gasteiger partial charge in [-0.05, 0) is 51.4 Å². The lowest BCUT2D eigenvalue weighted by atomic mass is 10.0. The molecule has 0 spiro atoms. The number of aliphatic hydroxyl groups is 1. The summed E-state index contributed by atoms with van der Waals surface area (Å²) in [5, 5.41) is 13.4. The average molecular weight is 806 g/mol. The van der Waals surface area contributed by atoms with Gasteiger partial charge in [0.05, 0.1) is 17.9 Å². The molecule has 0 aromatic rings. The van der Waals surface area contributed by atoms with Crippen molar-refractivity contribution < 1.29 is 22.9 Å². The number of rotatable bonds is 43. The molecule has 0 radical (unpaired) electrons. The molecule has 0 aromatic heterocycles. The van der Waals surface area contributed by atoms with Crippen LogP contribution in [-0.4, -0.2) is 41.9 Å². The molecular formula is C49H91NO5S. The van der Waals surface area contributed by atoms with Crippen LogP contribution in [0.3, 0.4) is 0 Å². The molecule has 0 saturated heterocycles. The van der Waals surface area contributed by atoms with E-state index in [2.05, 4.69) is 67.8 Å². The van der Waals surface area contributed by atoms with Crippen LogP contribution in [-0.2, 0) is 14.9 Å². The van der Waals surface area contributed by atoms with Gasteiger partial charge in [0.1, 0.15) is 0 Å². The highest BCUT2D eigenvalue weighted by Gasteiger charge is 2.26. The molecule has 0 aromatic carbocycles. The van der Waals surface area contributed by atoms with Gasteiger partial charge < -0.3 is 10.4 Å². The average Bonchev–Trinajstić information content (AvgIpc) is 3.16. The number of carbonyl (C=O) groups is 1. The maximum atomic E-state index is 12.6. The summed E-state index contributed by atoms with van der Waals surface area (Å²) < 4.78 is 32.7. The lowest BCUT2D eigenvalue weighted by Gasteiger charge is -2.23. The first-order valence-electron chi connectivity index (χ1n) is 23.8. The smallest absolute Gasteiger partial charge is 0.266 e. The van der Waals surface area contributed by atoms with Crippen molar-refractivity contribution >= 4 is 16.0 Å². The molecule has 2 atom stereocenters. The van der Waals surface area contributed by atoms with Crippen molar-refractivity contribution in [2.24, 2.45) is 0 Å². The molecule has 0 fully saturated rings. The second-order valence-electron chi connectivity index (χ2n) is 16.4. The van der Waals surface area contributed by atoms with Crippen LogP contribution in [0.4, 0.5) is 0 Å². The number of carbonyl (C=O) groups excluding carboxylic acids is 1. The molecule has 0 saturated carbocycles. The summed E-state index contributed by atoms with van der Waals surface area (Å²) in [6, 6.07) is -0.977. The van der Waals surface area contributed by atoms with E-state index < -0.39 is 28.0 Å². The maximum Gasteiger partial charge on any atom is 0.266 e. The number of hydrogen-bond acceptors (Lipinski definition) is 4. The molecule has 0 heterocycles. The number of aliphatic hydroxyl groups excluding tert-OH is 1. The predicted octanol–water partition coefficient (Wildman–Crippen LogP) is 14.6. The number of unbranched alkanes of at least 4 members (excludes halogenated alkanes) is 27. The maximum absolute atomic E-state index is 12.6. The summed E-state index contributed by atoms with van der Waals surface area (Å²) in [6.45, 7) is 4.43. The Morgan fingerprint density at radius 1 is 0.500 bits per heavy atom. The molecule has 0 rings (SSSR count). The van der Waals surface area contributed by atoms with Gasteiger partial charge in [-0.25, -0.2) is 0 Å². The van der Waals surface area contributed by atoms with Crippen molar-refractivity contribution in [1.82, 2.24) is 5.32 Å². The Balaban J connectivity index is 3.81. The van der Waals surface area contributed by atoms with Gasteiger partial charge in [0.25, 0.3) is 10.1 Å². The third kappa shape index (κ3) is 43.4. The fourth-order valence-corrected chi connectivity index (χ4v) is 8.03. The van der Waals surface area contributed by atoms with Gasteiger partial charge in [0, 0.05) is 6.42 Å². The zero-order chi connectivity index (χ0) is 41.1. The summed E-state index contributed by atoms with van der Waals surface area (Å²) >= 11 is 0. The van der Waals surface area contributed by atoms with Crippen molar-refractivity contribution in [2.45, 2.75) is 251 Å². The van der Waals surface area contributed by atoms with Gasteiger partial charge in [-0.3, -0.25) is 9.35 Å². The molecule has 0 aliphatic carbocycles. The standard InChI is InChI=1S/C49H91NO5S/c1-3-5-7-9-11-13-15-17-19-21-23-25-27-29-31-33-35-37-39-41-43-45-49(52)50-47(46-56(53,54)55)48(51)44-42-40-38-36-34-32-30-28-26-24-22-20-18-16-14-12-10-8-6-4-2/h5,7,11,13,17,19,23,25,47-48,51H,3-4,6,8-10,12,14-16,18,20-22,24,26-46H2,1-2H3,(H,50,52)(H,53,54,55)/b7-5-,13-11-,19-17-,25-23-. The second kappa shape index (κ2) is 42.9. The first-order chi connectivity index (χ1) is 27.3. The third-order valence-corrected chi connectivity index (χ3v) is 11.6. The van der Waals surface area contributed by atoms with Crippen molar-refractivity contribution in [1.29, 1.82) is 0 Å². The molecule has 0 aliphatic heterocycles. The molecular weight excluding hydrogens is 715 g/mol. The summed E-state index contributed by atoms with van der Waals surface area (Å²) in [7, 11) is -4.32. The minimum absolute atomic E-state index is 0.253. The number of nitrogens with one attached hydrogen (secondary N) is 1. The number of hydrogen-bond donors (Lipinski definition) is 3. The van der Waals surface area contributed by atoms with Crippen LogP contribution in [0.5, 0.6) is 0 Å². The quantitative estimate of drug-likeness (QED) is 0.0323. The van der Waals surface area contributed by atoms with Crippen LogP contribution >= 0.6 is 0 Å². The molecule has 1 amide bonds. The van der Waals surface area contributed by atoms with Gasteiger partial charge in [-0.2, -0.15) is 8.42 Å². The van der Waals surface area contributed by atoms with Crippen LogP contribution in [0, 0.1) is 0 Å². The highest BCUT2D eigenvalue weighted by molar-refractivity contribution is 7.85. The Kier molecular flexibility index (Phi) is 41.6. The molecule has 0 aliphatic rings. The normalized spacial score (nSPS) is 13.6. The van der Waals surface area contributed by atoms with Crippen LogP contribution in [0.15, 0.2) is 48.6 Å². The van der Waals surface area contributed by atoms with Crippen molar-refractivity contribution in [3.05, 3.63) is 48.6 Å². The second-order valence-corrected chi connectivity index (χ2v) is 17.9. The van der Waals surface area contributed by atoms with Crippen LogP contribution in [0.25, 0.3) is 0 Å². The van der Waals surface area contributed by atoms with Crippen molar-refractivity contribution in [2.75, 3.05) is 5.75 Å². The molecule has 3 N–H and O–H groups in total. The highest BCUT2D eigenvalue weighted by Crippen LogP contribution is 2.17. The zero-order valence-electron chi connectivity index (χ0n) is 36.8. The van der Waals surface area contributed by atoms with E-state index in [0.717, 1.165) is 77.0 Å². The topological polar surface area (TPSA) is 104 Å². The summed E-state index contributed by atoms with van der Waals surface area (Å²) in [4.78, 5) is 12.6. The van der Waals surface area contributed by atoms with E-state index in [9.17, 15) is 22.9 Å². The largest absolute Gasteiger partial charge is 0.391 e. The van der Waals surface area contributed by atoms with E-state index in [4.69, 9.17) is 0 Å². The lowest BCUT2D eigenvalue weighted by Crippen LogP contribution is -2.47. The summed E-state index contributed by atoms with van der Waals surface area (Å²) in [5.41, 5.74) is 0. The van der Waals surface area contributed by atoms with Crippen LogP contribution in [0.1, 0.15) is 239 Å². The molecule has 56 heavy (non-hydrogen) atoms. The van der Waals surface area contributed by atoms with E-state index in [1.807, 2.05) is 0 Å². The Labute approximate surface area is 348 Å². The predicted molar refractivity (Wildman–Crippen MR) is 244 cm³/mol. The van der Waals surface area contributed by atoms with E-state index in [1.54, 1.807) is 0 Å². The Morgan fingerprint density at radius 3 is 1.27 bits per heavy atom. The van der Waals surface area contributed by atoms with Gasteiger partial charge >= 0.3 is 0 Å². The Morgan fingerprint density at radius 2 is 0.857 bits per heavy atom. The third-order valence-electron chi connectivity index (χ3n) is 10.8. The summed E-state index contributed by atoms with van der Waals surface area (Å²) in [6.07, 6.45) is 57.8. The first kappa shape index (κ1) is 54.3. The number of allylic oxidation sites excluding steroid dienone is 8. The molecule has 7 heteroatoms. The lowest BCUT2D eigenvalue weighted by molar-refractivity contribution is -0.122. The Bertz CT molecular complexity index is 1070. The Hall–Kier alpha value is -1.70. The number of amides is 1. The fourth-order valence-electron chi connectivity index (χ4n) is 7.27. The van der Waals surface area contributed by atoms with Crippen LogP contribution in [0.2, 0.25) is 0 Å². The van der Waals surface area contributed by atoms with E-state index in [0.29, 0.717) is 12.8 Å². The van der Waals surface area contributed by atoms with Crippen molar-refractivity contribution in [3.8, 4) is 0 Å². The monoisotopic (exact) mass is 806 g/mol. The minimum atomic E-state index is -4.32. The van der Waals surface area contributed by atoms with Gasteiger partial charge in [-0.15, -0.1) is 0 Å². The van der Waals surface area contributed by atoms with Crippen LogP contribution < -0.4 is 5.32 Å². The van der Waals surface area contributed by atoms with Crippen molar-refractivity contribution in [3.63, 3.8) is 0 Å². The van der Waals surface area contributed by atoms with Gasteiger partial charge in [0.2, 0.25) is 5.91 Å². The SMILES string of the molecule is CC/C=C\C/C=C\C/C=C\C/C=C\CCCCCCCCCCC(=O)NC(CS(=O)(=O)O)C(O)CCCCCCCCCCCCCCCCCCCCCC. The molecule has 0 bridgehead atoms. The fraction of sp³-hybridized carbons (Fsp3) is 0.816. The van der Waals surface area contributed by atoms with Gasteiger partial charge in [-0.1, -0.05) is 229 Å². The van der Waals surface area contributed by atoms with Gasteiger partial charge in [0.15, 0.2) is 0 Å². The summed E-state index contributed by atoms with van der Waals surface area (Å²) in [5.74, 6) is -0.904. The molecule has 328 valence electrons. The van der Waals surface area contributed by atoms with E-state index in [-0.39, 0.29) is 5.91 Å². The highest BCUT2D eigenvalue weighted by atomic mass is 32.2. The minimum Gasteiger partial charge on any atom is -0.391 e.